The van der Waals surface area contributed by atoms with Gasteiger partial charge in [-0.05, 0) is 30.5 Å². The Labute approximate surface area is 123 Å². The number of amides is 2. The van der Waals surface area contributed by atoms with Crippen LogP contribution in [0.3, 0.4) is 0 Å². The molecule has 2 amide bonds. The first-order valence-electron chi connectivity index (χ1n) is 6.73. The van der Waals surface area contributed by atoms with Gasteiger partial charge in [0.1, 0.15) is 0 Å². The number of anilines is 1. The Morgan fingerprint density at radius 1 is 1.43 bits per heavy atom. The third-order valence-electron chi connectivity index (χ3n) is 3.21. The standard InChI is InChI=1S/C15H19N3O3/c1-3-11(7-14(19)20)9-17-15(21)18-13-6-12(8-16)5-4-10(13)2/h4-6,11H,3,7,9H2,1-2H3,(H,19,20)(H2,17,18,21). The first kappa shape index (κ1) is 16.5. The first-order chi connectivity index (χ1) is 9.96. The maximum atomic E-state index is 11.8. The summed E-state index contributed by atoms with van der Waals surface area (Å²) in [7, 11) is 0. The van der Waals surface area contributed by atoms with Crippen LogP contribution in [-0.2, 0) is 4.79 Å². The van der Waals surface area contributed by atoms with Crippen molar-refractivity contribution in [1.82, 2.24) is 5.32 Å². The lowest BCUT2D eigenvalue weighted by Gasteiger charge is -2.15. The van der Waals surface area contributed by atoms with Gasteiger partial charge in [0, 0.05) is 18.7 Å². The van der Waals surface area contributed by atoms with Crippen LogP contribution in [-0.4, -0.2) is 23.7 Å². The van der Waals surface area contributed by atoms with Gasteiger partial charge < -0.3 is 15.7 Å². The number of nitrogens with zero attached hydrogens (tertiary/aromatic N) is 1. The summed E-state index contributed by atoms with van der Waals surface area (Å²) in [4.78, 5) is 22.5. The molecule has 1 rings (SSSR count). The molecule has 0 heterocycles. The summed E-state index contributed by atoms with van der Waals surface area (Å²) < 4.78 is 0. The minimum absolute atomic E-state index is 0.0275. The highest BCUT2D eigenvalue weighted by Gasteiger charge is 2.13. The van der Waals surface area contributed by atoms with E-state index >= 15 is 0 Å². The van der Waals surface area contributed by atoms with Crippen molar-refractivity contribution in [3.05, 3.63) is 29.3 Å². The molecular formula is C15H19N3O3. The van der Waals surface area contributed by atoms with Gasteiger partial charge in [0.05, 0.1) is 11.6 Å². The molecule has 112 valence electrons. The zero-order chi connectivity index (χ0) is 15.8. The summed E-state index contributed by atoms with van der Waals surface area (Å²) >= 11 is 0. The van der Waals surface area contributed by atoms with Crippen LogP contribution in [0.5, 0.6) is 0 Å². The Bertz CT molecular complexity index is 564. The number of carboxylic acids is 1. The Morgan fingerprint density at radius 3 is 2.71 bits per heavy atom. The van der Waals surface area contributed by atoms with Crippen molar-refractivity contribution in [2.24, 2.45) is 5.92 Å². The number of aryl methyl sites for hydroxylation is 1. The van der Waals surface area contributed by atoms with Crippen molar-refractivity contribution in [2.45, 2.75) is 26.7 Å². The number of nitrogens with one attached hydrogen (secondary N) is 2. The van der Waals surface area contributed by atoms with E-state index in [1.165, 1.54) is 0 Å². The molecule has 0 aliphatic carbocycles. The van der Waals surface area contributed by atoms with Crippen molar-refractivity contribution in [3.63, 3.8) is 0 Å². The van der Waals surface area contributed by atoms with E-state index in [2.05, 4.69) is 10.6 Å². The monoisotopic (exact) mass is 289 g/mol. The van der Waals surface area contributed by atoms with Crippen LogP contribution in [0.15, 0.2) is 18.2 Å². The number of carboxylic acid groups (broad SMARTS) is 1. The van der Waals surface area contributed by atoms with E-state index in [1.54, 1.807) is 18.2 Å². The molecule has 0 aliphatic heterocycles. The van der Waals surface area contributed by atoms with Gasteiger partial charge in [-0.25, -0.2) is 4.79 Å². The van der Waals surface area contributed by atoms with E-state index in [1.807, 2.05) is 19.9 Å². The Hall–Kier alpha value is -2.55. The topological polar surface area (TPSA) is 102 Å². The van der Waals surface area contributed by atoms with Crippen LogP contribution in [0.25, 0.3) is 0 Å². The van der Waals surface area contributed by atoms with Gasteiger partial charge in [0.25, 0.3) is 0 Å². The number of benzene rings is 1. The van der Waals surface area contributed by atoms with Crippen molar-refractivity contribution in [2.75, 3.05) is 11.9 Å². The molecule has 1 atom stereocenters. The fraction of sp³-hybridized carbons (Fsp3) is 0.400. The van der Waals surface area contributed by atoms with Gasteiger partial charge in [-0.15, -0.1) is 0 Å². The minimum atomic E-state index is -0.873. The molecule has 0 bridgehead atoms. The molecule has 0 spiro atoms. The van der Waals surface area contributed by atoms with Gasteiger partial charge in [0.15, 0.2) is 0 Å². The van der Waals surface area contributed by atoms with E-state index < -0.39 is 12.0 Å². The highest BCUT2D eigenvalue weighted by molar-refractivity contribution is 5.90. The molecule has 0 aliphatic rings. The molecular weight excluding hydrogens is 270 g/mol. The number of urea groups is 1. The van der Waals surface area contributed by atoms with E-state index in [9.17, 15) is 9.59 Å². The third kappa shape index (κ3) is 5.53. The number of nitriles is 1. The summed E-state index contributed by atoms with van der Waals surface area (Å²) in [6, 6.07) is 6.64. The molecule has 0 radical (unpaired) electrons. The van der Waals surface area contributed by atoms with Crippen molar-refractivity contribution in [1.29, 1.82) is 5.26 Å². The molecule has 1 aromatic rings. The zero-order valence-corrected chi connectivity index (χ0v) is 12.1. The van der Waals surface area contributed by atoms with Crippen LogP contribution in [0.1, 0.15) is 30.9 Å². The SMILES string of the molecule is CCC(CNC(=O)Nc1cc(C#N)ccc1C)CC(=O)O. The largest absolute Gasteiger partial charge is 0.481 e. The van der Waals surface area contributed by atoms with Gasteiger partial charge in [-0.2, -0.15) is 5.26 Å². The van der Waals surface area contributed by atoms with Gasteiger partial charge in [0.2, 0.25) is 0 Å². The predicted molar refractivity (Wildman–Crippen MR) is 78.9 cm³/mol. The fourth-order valence-electron chi connectivity index (χ4n) is 1.84. The van der Waals surface area contributed by atoms with Crippen molar-refractivity contribution in [3.8, 4) is 6.07 Å². The van der Waals surface area contributed by atoms with E-state index in [0.717, 1.165) is 5.56 Å². The molecule has 0 saturated carbocycles. The second-order valence-electron chi connectivity index (χ2n) is 4.85. The van der Waals surface area contributed by atoms with Crippen molar-refractivity contribution >= 4 is 17.7 Å². The summed E-state index contributed by atoms with van der Waals surface area (Å²) in [5.41, 5.74) is 1.88. The van der Waals surface area contributed by atoms with E-state index in [-0.39, 0.29) is 12.3 Å². The van der Waals surface area contributed by atoms with Gasteiger partial charge in [-0.3, -0.25) is 4.79 Å². The molecule has 1 unspecified atom stereocenters. The first-order valence-corrected chi connectivity index (χ1v) is 6.73. The van der Waals surface area contributed by atoms with Crippen LogP contribution < -0.4 is 10.6 Å². The molecule has 3 N–H and O–H groups in total. The van der Waals surface area contributed by atoms with Crippen molar-refractivity contribution < 1.29 is 14.7 Å². The van der Waals surface area contributed by atoms with E-state index in [0.29, 0.717) is 24.2 Å². The Balaban J connectivity index is 2.58. The second kappa shape index (κ2) is 7.90. The Kier molecular flexibility index (Phi) is 6.21. The summed E-state index contributed by atoms with van der Waals surface area (Å²) in [6.45, 7) is 4.01. The molecule has 0 aromatic heterocycles. The molecule has 6 nitrogen and oxygen atoms in total. The van der Waals surface area contributed by atoms with Crippen LogP contribution in [0, 0.1) is 24.2 Å². The summed E-state index contributed by atoms with van der Waals surface area (Å²) in [6.07, 6.45) is 0.704. The molecule has 1 aromatic carbocycles. The number of rotatable bonds is 6. The number of aliphatic carboxylic acids is 1. The van der Waals surface area contributed by atoms with Gasteiger partial charge in [-0.1, -0.05) is 19.4 Å². The Morgan fingerprint density at radius 2 is 2.14 bits per heavy atom. The molecule has 21 heavy (non-hydrogen) atoms. The fourth-order valence-corrected chi connectivity index (χ4v) is 1.84. The lowest BCUT2D eigenvalue weighted by molar-refractivity contribution is -0.138. The maximum Gasteiger partial charge on any atom is 0.319 e. The lowest BCUT2D eigenvalue weighted by atomic mass is 10.0. The normalized spacial score (nSPS) is 11.3. The number of carbonyl (C=O) groups excluding carboxylic acids is 1. The number of hydrogen-bond donors (Lipinski definition) is 3. The smallest absolute Gasteiger partial charge is 0.319 e. The highest BCUT2D eigenvalue weighted by Crippen LogP contribution is 2.16. The number of hydrogen-bond acceptors (Lipinski definition) is 3. The summed E-state index contributed by atoms with van der Waals surface area (Å²) in [5.74, 6) is -0.971. The highest BCUT2D eigenvalue weighted by atomic mass is 16.4. The predicted octanol–water partition coefficient (Wildman–Crippen LogP) is 2.49. The minimum Gasteiger partial charge on any atom is -0.481 e. The summed E-state index contributed by atoms with van der Waals surface area (Å²) in [5, 5.41) is 22.9. The quantitative estimate of drug-likeness (QED) is 0.748. The van der Waals surface area contributed by atoms with Gasteiger partial charge >= 0.3 is 12.0 Å². The molecule has 6 heteroatoms. The van der Waals surface area contributed by atoms with Crippen LogP contribution >= 0.6 is 0 Å². The van der Waals surface area contributed by atoms with E-state index in [4.69, 9.17) is 10.4 Å². The average molecular weight is 289 g/mol. The molecule has 0 saturated heterocycles. The van der Waals surface area contributed by atoms with Crippen LogP contribution in [0.4, 0.5) is 10.5 Å². The lowest BCUT2D eigenvalue weighted by Crippen LogP contribution is -2.33. The maximum absolute atomic E-state index is 11.8. The zero-order valence-electron chi connectivity index (χ0n) is 12.1. The number of carbonyl (C=O) groups is 2. The third-order valence-corrected chi connectivity index (χ3v) is 3.21. The molecule has 0 fully saturated rings. The van der Waals surface area contributed by atoms with Crippen LogP contribution in [0.2, 0.25) is 0 Å². The average Bonchev–Trinajstić information content (AvgIpc) is 2.45. The second-order valence-corrected chi connectivity index (χ2v) is 4.85.